The molecule has 3 nitrogen and oxygen atoms in total. The standard InChI is InChI=1S/C7H4FN3S/c8-6-3-1-2-5(10-6)7-11-9-4-12-7/h1-4H. The highest BCUT2D eigenvalue weighted by Gasteiger charge is 2.02. The molecule has 0 aliphatic rings. The smallest absolute Gasteiger partial charge is 0.213 e. The molecule has 0 aliphatic carbocycles. The molecule has 2 heterocycles. The van der Waals surface area contributed by atoms with Crippen LogP contribution in [-0.4, -0.2) is 15.2 Å². The van der Waals surface area contributed by atoms with Crippen LogP contribution in [-0.2, 0) is 0 Å². The van der Waals surface area contributed by atoms with Crippen molar-refractivity contribution in [1.82, 2.24) is 15.2 Å². The van der Waals surface area contributed by atoms with Gasteiger partial charge in [-0.05, 0) is 12.1 Å². The minimum absolute atomic E-state index is 0.497. The lowest BCUT2D eigenvalue weighted by molar-refractivity contribution is 0.585. The Morgan fingerprint density at radius 3 is 2.92 bits per heavy atom. The highest BCUT2D eigenvalue weighted by atomic mass is 32.1. The van der Waals surface area contributed by atoms with Crippen molar-refractivity contribution in [2.24, 2.45) is 0 Å². The summed E-state index contributed by atoms with van der Waals surface area (Å²) in [6.07, 6.45) is 0. The second-order valence-electron chi connectivity index (χ2n) is 2.09. The van der Waals surface area contributed by atoms with Crippen LogP contribution in [0.15, 0.2) is 23.7 Å². The zero-order chi connectivity index (χ0) is 8.39. The highest BCUT2D eigenvalue weighted by Crippen LogP contribution is 2.17. The molecule has 0 unspecified atom stereocenters. The zero-order valence-electron chi connectivity index (χ0n) is 5.94. The van der Waals surface area contributed by atoms with E-state index in [1.165, 1.54) is 17.4 Å². The topological polar surface area (TPSA) is 38.7 Å². The molecule has 0 saturated heterocycles. The molecule has 0 atom stereocenters. The Bertz CT molecular complexity index is 374. The Labute approximate surface area is 71.9 Å². The summed E-state index contributed by atoms with van der Waals surface area (Å²) in [6, 6.07) is 4.59. The molecule has 0 amide bonds. The van der Waals surface area contributed by atoms with Crippen LogP contribution in [0, 0.1) is 5.95 Å². The van der Waals surface area contributed by atoms with Crippen molar-refractivity contribution in [2.75, 3.05) is 0 Å². The number of nitrogens with zero attached hydrogens (tertiary/aromatic N) is 3. The molecule has 0 spiro atoms. The summed E-state index contributed by atoms with van der Waals surface area (Å²) in [5.41, 5.74) is 2.11. The van der Waals surface area contributed by atoms with Gasteiger partial charge in [0.15, 0.2) is 5.01 Å². The molecular weight excluding hydrogens is 177 g/mol. The summed E-state index contributed by atoms with van der Waals surface area (Å²) in [5, 5.41) is 8.04. The fourth-order valence-corrected chi connectivity index (χ4v) is 1.33. The largest absolute Gasteiger partial charge is 0.217 e. The predicted molar refractivity (Wildman–Crippen MR) is 43.1 cm³/mol. The van der Waals surface area contributed by atoms with Gasteiger partial charge in [0.1, 0.15) is 11.2 Å². The maximum atomic E-state index is 12.6. The first-order valence-corrected chi connectivity index (χ1v) is 4.13. The molecule has 60 valence electrons. The summed E-state index contributed by atoms with van der Waals surface area (Å²) in [7, 11) is 0. The molecule has 0 saturated carbocycles. The van der Waals surface area contributed by atoms with E-state index in [-0.39, 0.29) is 0 Å². The summed E-state index contributed by atoms with van der Waals surface area (Å²) >= 11 is 1.33. The van der Waals surface area contributed by atoms with Gasteiger partial charge in [-0.1, -0.05) is 17.4 Å². The second kappa shape index (κ2) is 2.94. The van der Waals surface area contributed by atoms with Crippen LogP contribution in [0.5, 0.6) is 0 Å². The number of aromatic nitrogens is 3. The third-order valence-electron chi connectivity index (χ3n) is 1.29. The molecule has 0 radical (unpaired) electrons. The molecule has 2 aromatic heterocycles. The van der Waals surface area contributed by atoms with Crippen molar-refractivity contribution in [3.63, 3.8) is 0 Å². The Kier molecular flexibility index (Phi) is 1.79. The van der Waals surface area contributed by atoms with Crippen LogP contribution in [0.25, 0.3) is 10.7 Å². The molecule has 0 bridgehead atoms. The molecule has 0 aromatic carbocycles. The van der Waals surface area contributed by atoms with Crippen LogP contribution in [0.2, 0.25) is 0 Å². The molecule has 12 heavy (non-hydrogen) atoms. The summed E-state index contributed by atoms with van der Waals surface area (Å²) in [4.78, 5) is 3.66. The summed E-state index contributed by atoms with van der Waals surface area (Å²) in [5.74, 6) is -0.497. The van der Waals surface area contributed by atoms with Crippen LogP contribution in [0.4, 0.5) is 4.39 Å². The minimum Gasteiger partial charge on any atom is -0.217 e. The van der Waals surface area contributed by atoms with Gasteiger partial charge in [-0.2, -0.15) is 4.39 Å². The highest BCUT2D eigenvalue weighted by molar-refractivity contribution is 7.12. The lowest BCUT2D eigenvalue weighted by Crippen LogP contribution is -1.85. The van der Waals surface area contributed by atoms with Gasteiger partial charge in [0.25, 0.3) is 0 Å². The van der Waals surface area contributed by atoms with Crippen molar-refractivity contribution in [2.45, 2.75) is 0 Å². The van der Waals surface area contributed by atoms with Crippen molar-refractivity contribution in [1.29, 1.82) is 0 Å². The van der Waals surface area contributed by atoms with Crippen LogP contribution in [0.3, 0.4) is 0 Å². The molecule has 0 fully saturated rings. The molecule has 2 rings (SSSR count). The summed E-state index contributed by atoms with van der Waals surface area (Å²) in [6.45, 7) is 0. The minimum atomic E-state index is -0.497. The SMILES string of the molecule is Fc1cccc(-c2nncs2)n1. The average molecular weight is 181 g/mol. The van der Waals surface area contributed by atoms with E-state index in [4.69, 9.17) is 0 Å². The van der Waals surface area contributed by atoms with E-state index in [0.717, 1.165) is 0 Å². The Morgan fingerprint density at radius 1 is 1.33 bits per heavy atom. The number of pyridine rings is 1. The molecule has 5 heteroatoms. The predicted octanol–water partition coefficient (Wildman–Crippen LogP) is 1.74. The fraction of sp³-hybridized carbons (Fsp3) is 0. The van der Waals surface area contributed by atoms with E-state index in [9.17, 15) is 4.39 Å². The third-order valence-corrected chi connectivity index (χ3v) is 2.01. The van der Waals surface area contributed by atoms with Crippen LogP contribution >= 0.6 is 11.3 Å². The molecule has 0 aliphatic heterocycles. The van der Waals surface area contributed by atoms with Gasteiger partial charge >= 0.3 is 0 Å². The zero-order valence-corrected chi connectivity index (χ0v) is 6.75. The van der Waals surface area contributed by atoms with Crippen molar-refractivity contribution >= 4 is 11.3 Å². The first-order valence-electron chi connectivity index (χ1n) is 3.25. The Balaban J connectivity index is 2.48. The summed E-state index contributed by atoms with van der Waals surface area (Å²) < 4.78 is 12.6. The fourth-order valence-electron chi connectivity index (χ4n) is 0.812. The average Bonchev–Trinajstić information content (AvgIpc) is 2.56. The van der Waals surface area contributed by atoms with E-state index >= 15 is 0 Å². The first-order chi connectivity index (χ1) is 5.86. The number of hydrogen-bond acceptors (Lipinski definition) is 4. The van der Waals surface area contributed by atoms with E-state index in [1.54, 1.807) is 17.6 Å². The maximum absolute atomic E-state index is 12.6. The van der Waals surface area contributed by atoms with Crippen molar-refractivity contribution in [3.05, 3.63) is 29.7 Å². The molecule has 0 N–H and O–H groups in total. The van der Waals surface area contributed by atoms with Crippen LogP contribution in [0.1, 0.15) is 0 Å². The third kappa shape index (κ3) is 1.31. The van der Waals surface area contributed by atoms with Gasteiger partial charge in [-0.3, -0.25) is 0 Å². The van der Waals surface area contributed by atoms with Crippen molar-refractivity contribution < 1.29 is 4.39 Å². The van der Waals surface area contributed by atoms with Gasteiger partial charge in [-0.25, -0.2) is 4.98 Å². The second-order valence-corrected chi connectivity index (χ2v) is 2.92. The van der Waals surface area contributed by atoms with Crippen molar-refractivity contribution in [3.8, 4) is 10.7 Å². The van der Waals surface area contributed by atoms with E-state index in [0.29, 0.717) is 10.7 Å². The van der Waals surface area contributed by atoms with Gasteiger partial charge in [-0.15, -0.1) is 10.2 Å². The number of hydrogen-bond donors (Lipinski definition) is 0. The Hall–Kier alpha value is -1.36. The molecule has 2 aromatic rings. The Morgan fingerprint density at radius 2 is 2.25 bits per heavy atom. The van der Waals surface area contributed by atoms with Gasteiger partial charge in [0.2, 0.25) is 5.95 Å². The van der Waals surface area contributed by atoms with E-state index < -0.39 is 5.95 Å². The quantitative estimate of drug-likeness (QED) is 0.629. The van der Waals surface area contributed by atoms with E-state index in [2.05, 4.69) is 15.2 Å². The number of rotatable bonds is 1. The monoisotopic (exact) mass is 181 g/mol. The van der Waals surface area contributed by atoms with E-state index in [1.807, 2.05) is 0 Å². The lowest BCUT2D eigenvalue weighted by Gasteiger charge is -1.92. The first kappa shape index (κ1) is 7.30. The molecular formula is C7H4FN3S. The van der Waals surface area contributed by atoms with Gasteiger partial charge in [0.05, 0.1) is 0 Å². The number of halogens is 1. The maximum Gasteiger partial charge on any atom is 0.213 e. The normalized spacial score (nSPS) is 10.1. The lowest BCUT2D eigenvalue weighted by atomic mass is 10.4. The van der Waals surface area contributed by atoms with Gasteiger partial charge < -0.3 is 0 Å². The van der Waals surface area contributed by atoms with Gasteiger partial charge in [0, 0.05) is 0 Å². The van der Waals surface area contributed by atoms with Crippen LogP contribution < -0.4 is 0 Å².